The van der Waals surface area contributed by atoms with Gasteiger partial charge in [0.2, 0.25) is 0 Å². The molecule has 0 aliphatic carbocycles. The zero-order valence-electron chi connectivity index (χ0n) is 12.7. The highest BCUT2D eigenvalue weighted by Crippen LogP contribution is 2.35. The second kappa shape index (κ2) is 8.43. The first-order chi connectivity index (χ1) is 10.1. The fourth-order valence-electron chi connectivity index (χ4n) is 2.18. The number of ether oxygens (including phenoxy) is 2. The zero-order valence-corrected chi connectivity index (χ0v) is 12.7. The summed E-state index contributed by atoms with van der Waals surface area (Å²) in [5.41, 5.74) is 0.534. The molecule has 1 aromatic rings. The van der Waals surface area contributed by atoms with Crippen LogP contribution in [0.1, 0.15) is 18.9 Å². The average Bonchev–Trinajstić information content (AvgIpc) is 2.47. The molecule has 118 valence electrons. The molecule has 0 radical (unpaired) electrons. The maximum atomic E-state index is 11.2. The van der Waals surface area contributed by atoms with Crippen LogP contribution in [0, 0.1) is 10.1 Å². The lowest BCUT2D eigenvalue weighted by Crippen LogP contribution is -2.27. The van der Waals surface area contributed by atoms with E-state index in [-0.39, 0.29) is 12.3 Å². The summed E-state index contributed by atoms with van der Waals surface area (Å²) < 4.78 is 10.3. The van der Waals surface area contributed by atoms with E-state index in [1.807, 2.05) is 11.8 Å². The normalized spacial score (nSPS) is 10.7. The van der Waals surface area contributed by atoms with Crippen molar-refractivity contribution in [3.05, 3.63) is 27.8 Å². The summed E-state index contributed by atoms with van der Waals surface area (Å²) in [7, 11) is 2.93. The number of methoxy groups -OCH3 is 2. The molecule has 0 spiro atoms. The van der Waals surface area contributed by atoms with Crippen molar-refractivity contribution in [3.8, 4) is 11.5 Å². The van der Waals surface area contributed by atoms with Crippen molar-refractivity contribution in [2.75, 3.05) is 33.9 Å². The van der Waals surface area contributed by atoms with Gasteiger partial charge in [-0.15, -0.1) is 0 Å². The van der Waals surface area contributed by atoms with E-state index in [9.17, 15) is 10.1 Å². The lowest BCUT2D eigenvalue weighted by molar-refractivity contribution is -0.385. The third-order valence-corrected chi connectivity index (χ3v) is 3.13. The Morgan fingerprint density at radius 3 is 2.33 bits per heavy atom. The molecule has 0 aliphatic rings. The minimum atomic E-state index is -0.430. The standard InChI is InChI=1S/C14H22N2O5/c1-4-5-15(6-7-17)10-11-8-13(20-2)14(21-3)9-12(11)16(18)19/h8-9,17H,4-7,10H2,1-3H3. The van der Waals surface area contributed by atoms with Crippen LogP contribution in [0.15, 0.2) is 12.1 Å². The first-order valence-electron chi connectivity index (χ1n) is 6.79. The van der Waals surface area contributed by atoms with E-state index in [2.05, 4.69) is 0 Å². The number of nitrogens with zero attached hydrogens (tertiary/aromatic N) is 2. The molecule has 0 saturated heterocycles. The predicted molar refractivity (Wildman–Crippen MR) is 78.9 cm³/mol. The van der Waals surface area contributed by atoms with Crippen molar-refractivity contribution in [3.63, 3.8) is 0 Å². The molecule has 1 aromatic carbocycles. The van der Waals surface area contributed by atoms with Crippen LogP contribution < -0.4 is 9.47 Å². The lowest BCUT2D eigenvalue weighted by Gasteiger charge is -2.21. The quantitative estimate of drug-likeness (QED) is 0.553. The molecule has 7 nitrogen and oxygen atoms in total. The Balaban J connectivity index is 3.15. The Labute approximate surface area is 124 Å². The molecule has 0 unspecified atom stereocenters. The summed E-state index contributed by atoms with van der Waals surface area (Å²) in [4.78, 5) is 12.8. The number of hydrogen-bond acceptors (Lipinski definition) is 6. The minimum absolute atomic E-state index is 0.00769. The van der Waals surface area contributed by atoms with Crippen molar-refractivity contribution in [2.24, 2.45) is 0 Å². The Morgan fingerprint density at radius 2 is 1.86 bits per heavy atom. The van der Waals surface area contributed by atoms with Crippen molar-refractivity contribution >= 4 is 5.69 Å². The van der Waals surface area contributed by atoms with Crippen molar-refractivity contribution in [1.29, 1.82) is 0 Å². The summed E-state index contributed by atoms with van der Waals surface area (Å²) in [6.07, 6.45) is 0.904. The van der Waals surface area contributed by atoms with Gasteiger partial charge in [-0.3, -0.25) is 15.0 Å². The summed E-state index contributed by atoms with van der Waals surface area (Å²) in [6.45, 7) is 3.64. The van der Waals surface area contributed by atoms with Crippen LogP contribution in [-0.4, -0.2) is 48.8 Å². The van der Waals surface area contributed by atoms with Gasteiger partial charge in [-0.25, -0.2) is 0 Å². The fourth-order valence-corrected chi connectivity index (χ4v) is 2.18. The van der Waals surface area contributed by atoms with E-state index in [1.54, 1.807) is 6.07 Å². The Bertz CT molecular complexity index is 473. The van der Waals surface area contributed by atoms with Gasteiger partial charge < -0.3 is 14.6 Å². The van der Waals surface area contributed by atoms with Gasteiger partial charge in [0, 0.05) is 18.7 Å². The molecule has 0 saturated carbocycles. The molecule has 0 bridgehead atoms. The van der Waals surface area contributed by atoms with Gasteiger partial charge in [0.15, 0.2) is 11.5 Å². The molecule has 0 fully saturated rings. The predicted octanol–water partition coefficient (Wildman–Crippen LogP) is 1.82. The van der Waals surface area contributed by atoms with E-state index >= 15 is 0 Å². The Morgan fingerprint density at radius 1 is 1.24 bits per heavy atom. The smallest absolute Gasteiger partial charge is 0.277 e. The summed E-state index contributed by atoms with van der Waals surface area (Å²) in [6, 6.07) is 2.99. The number of rotatable bonds is 9. The fraction of sp³-hybridized carbons (Fsp3) is 0.571. The highest BCUT2D eigenvalue weighted by atomic mass is 16.6. The van der Waals surface area contributed by atoms with Crippen molar-refractivity contribution in [2.45, 2.75) is 19.9 Å². The summed E-state index contributed by atoms with van der Waals surface area (Å²) >= 11 is 0. The molecule has 21 heavy (non-hydrogen) atoms. The molecule has 7 heteroatoms. The molecule has 0 aliphatic heterocycles. The van der Waals surface area contributed by atoms with E-state index in [0.717, 1.165) is 13.0 Å². The average molecular weight is 298 g/mol. The van der Waals surface area contributed by atoms with Crippen molar-refractivity contribution in [1.82, 2.24) is 4.90 Å². The highest BCUT2D eigenvalue weighted by molar-refractivity contribution is 5.54. The molecule has 0 heterocycles. The first kappa shape index (κ1) is 17.2. The van der Waals surface area contributed by atoms with Crippen LogP contribution in [0.5, 0.6) is 11.5 Å². The Hall–Kier alpha value is -1.86. The van der Waals surface area contributed by atoms with E-state index in [1.165, 1.54) is 20.3 Å². The maximum Gasteiger partial charge on any atom is 0.277 e. The van der Waals surface area contributed by atoms with Gasteiger partial charge in [0.05, 0.1) is 31.8 Å². The monoisotopic (exact) mass is 298 g/mol. The first-order valence-corrected chi connectivity index (χ1v) is 6.79. The number of nitro benzene ring substituents is 1. The van der Waals surface area contributed by atoms with Gasteiger partial charge in [-0.1, -0.05) is 6.92 Å². The number of aliphatic hydroxyl groups excluding tert-OH is 1. The zero-order chi connectivity index (χ0) is 15.8. The molecule has 0 aromatic heterocycles. The van der Waals surface area contributed by atoms with E-state index in [0.29, 0.717) is 30.2 Å². The van der Waals surface area contributed by atoms with Crippen LogP contribution in [0.4, 0.5) is 5.69 Å². The number of nitro groups is 1. The molecule has 0 atom stereocenters. The van der Waals surface area contributed by atoms with Gasteiger partial charge in [0.1, 0.15) is 0 Å². The largest absolute Gasteiger partial charge is 0.493 e. The number of hydrogen-bond donors (Lipinski definition) is 1. The lowest BCUT2D eigenvalue weighted by atomic mass is 10.1. The van der Waals surface area contributed by atoms with Gasteiger partial charge in [-0.05, 0) is 19.0 Å². The maximum absolute atomic E-state index is 11.2. The van der Waals surface area contributed by atoms with Gasteiger partial charge >= 0.3 is 0 Å². The van der Waals surface area contributed by atoms with Crippen molar-refractivity contribution < 1.29 is 19.5 Å². The third kappa shape index (κ3) is 4.57. The highest BCUT2D eigenvalue weighted by Gasteiger charge is 2.21. The number of benzene rings is 1. The number of aliphatic hydroxyl groups is 1. The van der Waals surface area contributed by atoms with Crippen LogP contribution in [0.25, 0.3) is 0 Å². The Kier molecular flexibility index (Phi) is 6.90. The molecule has 1 rings (SSSR count). The topological polar surface area (TPSA) is 85.1 Å². The van der Waals surface area contributed by atoms with Crippen LogP contribution in [0.2, 0.25) is 0 Å². The second-order valence-electron chi connectivity index (χ2n) is 4.59. The minimum Gasteiger partial charge on any atom is -0.493 e. The van der Waals surface area contributed by atoms with Crippen LogP contribution in [0.3, 0.4) is 0 Å². The third-order valence-electron chi connectivity index (χ3n) is 3.13. The van der Waals surface area contributed by atoms with Gasteiger partial charge in [0.25, 0.3) is 5.69 Å². The summed E-state index contributed by atoms with van der Waals surface area (Å²) in [5, 5.41) is 20.3. The van der Waals surface area contributed by atoms with E-state index < -0.39 is 4.92 Å². The summed E-state index contributed by atoms with van der Waals surface area (Å²) in [5.74, 6) is 0.788. The second-order valence-corrected chi connectivity index (χ2v) is 4.59. The SMILES string of the molecule is CCCN(CCO)Cc1cc(OC)c(OC)cc1[N+](=O)[O-]. The molecule has 0 amide bonds. The molecular weight excluding hydrogens is 276 g/mol. The van der Waals surface area contributed by atoms with Gasteiger partial charge in [-0.2, -0.15) is 0 Å². The molecular formula is C14H22N2O5. The van der Waals surface area contributed by atoms with Crippen LogP contribution in [-0.2, 0) is 6.54 Å². The van der Waals surface area contributed by atoms with E-state index in [4.69, 9.17) is 14.6 Å². The molecule has 1 N–H and O–H groups in total. The van der Waals surface area contributed by atoms with Crippen LogP contribution >= 0.6 is 0 Å².